The Morgan fingerprint density at radius 3 is 2.26 bits per heavy atom. The molecule has 1 aliphatic rings. The second-order valence-electron chi connectivity index (χ2n) is 7.92. The molecule has 1 heteroatoms. The van der Waals surface area contributed by atoms with E-state index in [1.807, 2.05) is 0 Å². The molecule has 0 aromatic carbocycles. The van der Waals surface area contributed by atoms with Gasteiger partial charge in [0.2, 0.25) is 0 Å². The third-order valence-corrected chi connectivity index (χ3v) is 4.70. The first-order valence-corrected chi connectivity index (χ1v) is 8.67. The molecule has 1 nitrogen and oxygen atoms in total. The summed E-state index contributed by atoms with van der Waals surface area (Å²) in [6.45, 7) is 12.9. The van der Waals surface area contributed by atoms with Gasteiger partial charge in [-0.2, -0.15) is 0 Å². The van der Waals surface area contributed by atoms with Crippen LogP contribution in [0, 0.1) is 17.8 Å². The molecule has 0 aromatic heterocycles. The van der Waals surface area contributed by atoms with Gasteiger partial charge in [0.25, 0.3) is 0 Å². The summed E-state index contributed by atoms with van der Waals surface area (Å²) in [6.07, 6.45) is 11.5. The Morgan fingerprint density at radius 1 is 1.05 bits per heavy atom. The highest BCUT2D eigenvalue weighted by Gasteiger charge is 2.26. The van der Waals surface area contributed by atoms with Crippen molar-refractivity contribution in [1.82, 2.24) is 5.32 Å². The van der Waals surface area contributed by atoms with Gasteiger partial charge in [0.1, 0.15) is 0 Å². The lowest BCUT2D eigenvalue weighted by Crippen LogP contribution is -2.40. The summed E-state index contributed by atoms with van der Waals surface area (Å²) < 4.78 is 0. The summed E-state index contributed by atoms with van der Waals surface area (Å²) in [6, 6.07) is 0. The van der Waals surface area contributed by atoms with Gasteiger partial charge >= 0.3 is 0 Å². The van der Waals surface area contributed by atoms with Crippen molar-refractivity contribution in [3.05, 3.63) is 0 Å². The minimum Gasteiger partial charge on any atom is -0.312 e. The lowest BCUT2D eigenvalue weighted by molar-refractivity contribution is 0.230. The molecular formula is C18H37N. The van der Waals surface area contributed by atoms with Crippen LogP contribution in [-0.4, -0.2) is 12.1 Å². The maximum absolute atomic E-state index is 3.75. The molecule has 0 amide bonds. The molecule has 19 heavy (non-hydrogen) atoms. The van der Waals surface area contributed by atoms with Crippen molar-refractivity contribution in [2.45, 2.75) is 91.5 Å². The molecule has 3 atom stereocenters. The molecule has 0 radical (unpaired) electrons. The van der Waals surface area contributed by atoms with E-state index in [2.05, 4.69) is 39.9 Å². The van der Waals surface area contributed by atoms with Crippen LogP contribution in [0.2, 0.25) is 0 Å². The SMILES string of the molecule is CCCC(C)CC1CCCCCC1CNC(C)(C)C. The van der Waals surface area contributed by atoms with Crippen LogP contribution in [0.25, 0.3) is 0 Å². The number of hydrogen-bond donors (Lipinski definition) is 1. The summed E-state index contributed by atoms with van der Waals surface area (Å²) >= 11 is 0. The summed E-state index contributed by atoms with van der Waals surface area (Å²) in [5.74, 6) is 2.81. The van der Waals surface area contributed by atoms with Crippen LogP contribution in [0.4, 0.5) is 0 Å². The fraction of sp³-hybridized carbons (Fsp3) is 1.00. The molecule has 1 rings (SSSR count). The molecule has 0 aliphatic heterocycles. The van der Waals surface area contributed by atoms with Gasteiger partial charge in [-0.15, -0.1) is 0 Å². The summed E-state index contributed by atoms with van der Waals surface area (Å²) in [4.78, 5) is 0. The molecule has 0 saturated heterocycles. The Labute approximate surface area is 121 Å². The van der Waals surface area contributed by atoms with Crippen molar-refractivity contribution in [1.29, 1.82) is 0 Å². The molecule has 1 N–H and O–H groups in total. The first-order chi connectivity index (χ1) is 8.92. The van der Waals surface area contributed by atoms with Crippen molar-refractivity contribution in [3.8, 4) is 0 Å². The second kappa shape index (κ2) is 8.29. The fourth-order valence-electron chi connectivity index (χ4n) is 3.61. The quantitative estimate of drug-likeness (QED) is 0.636. The van der Waals surface area contributed by atoms with Crippen LogP contribution < -0.4 is 5.32 Å². The summed E-state index contributed by atoms with van der Waals surface area (Å²) in [5.41, 5.74) is 0.270. The Morgan fingerprint density at radius 2 is 1.68 bits per heavy atom. The maximum atomic E-state index is 3.75. The van der Waals surface area contributed by atoms with E-state index in [0.717, 1.165) is 17.8 Å². The highest BCUT2D eigenvalue weighted by molar-refractivity contribution is 4.80. The molecule has 1 fully saturated rings. The molecule has 0 spiro atoms. The number of rotatable bonds is 6. The first kappa shape index (κ1) is 17.0. The third-order valence-electron chi connectivity index (χ3n) is 4.70. The van der Waals surface area contributed by atoms with Gasteiger partial charge in [-0.25, -0.2) is 0 Å². The molecule has 114 valence electrons. The lowest BCUT2D eigenvalue weighted by atomic mass is 9.80. The van der Waals surface area contributed by atoms with E-state index in [1.54, 1.807) is 0 Å². The van der Waals surface area contributed by atoms with Gasteiger partial charge in [0, 0.05) is 5.54 Å². The largest absolute Gasteiger partial charge is 0.312 e. The molecule has 0 heterocycles. The third kappa shape index (κ3) is 7.34. The first-order valence-electron chi connectivity index (χ1n) is 8.67. The zero-order valence-electron chi connectivity index (χ0n) is 14.1. The minimum absolute atomic E-state index is 0.270. The van der Waals surface area contributed by atoms with Gasteiger partial charge in [-0.3, -0.25) is 0 Å². The van der Waals surface area contributed by atoms with E-state index < -0.39 is 0 Å². The zero-order chi connectivity index (χ0) is 14.3. The monoisotopic (exact) mass is 267 g/mol. The average molecular weight is 268 g/mol. The number of hydrogen-bond acceptors (Lipinski definition) is 1. The predicted octanol–water partition coefficient (Wildman–Crippen LogP) is 5.40. The predicted molar refractivity (Wildman–Crippen MR) is 86.5 cm³/mol. The highest BCUT2D eigenvalue weighted by atomic mass is 14.9. The van der Waals surface area contributed by atoms with Crippen LogP contribution in [-0.2, 0) is 0 Å². The summed E-state index contributed by atoms with van der Waals surface area (Å²) in [5, 5.41) is 3.75. The van der Waals surface area contributed by atoms with Gasteiger partial charge in [0.15, 0.2) is 0 Å². The topological polar surface area (TPSA) is 12.0 Å². The van der Waals surface area contributed by atoms with Gasteiger partial charge in [0.05, 0.1) is 0 Å². The highest BCUT2D eigenvalue weighted by Crippen LogP contribution is 2.34. The molecule has 0 bridgehead atoms. The minimum atomic E-state index is 0.270. The Kier molecular flexibility index (Phi) is 7.42. The molecule has 1 saturated carbocycles. The maximum Gasteiger partial charge on any atom is 0.00966 e. The lowest BCUT2D eigenvalue weighted by Gasteiger charge is -2.31. The van der Waals surface area contributed by atoms with Crippen molar-refractivity contribution in [2.75, 3.05) is 6.54 Å². The van der Waals surface area contributed by atoms with Gasteiger partial charge < -0.3 is 5.32 Å². The number of nitrogens with one attached hydrogen (secondary N) is 1. The van der Waals surface area contributed by atoms with Crippen LogP contribution >= 0.6 is 0 Å². The Hall–Kier alpha value is -0.0400. The van der Waals surface area contributed by atoms with E-state index in [9.17, 15) is 0 Å². The Balaban J connectivity index is 2.50. The van der Waals surface area contributed by atoms with E-state index in [4.69, 9.17) is 0 Å². The fourth-order valence-corrected chi connectivity index (χ4v) is 3.61. The molecule has 0 aromatic rings. The van der Waals surface area contributed by atoms with Crippen LogP contribution in [0.3, 0.4) is 0 Å². The van der Waals surface area contributed by atoms with Crippen molar-refractivity contribution in [2.24, 2.45) is 17.8 Å². The molecule has 1 aliphatic carbocycles. The smallest absolute Gasteiger partial charge is 0.00966 e. The molecular weight excluding hydrogens is 230 g/mol. The second-order valence-corrected chi connectivity index (χ2v) is 7.92. The average Bonchev–Trinajstić information content (AvgIpc) is 2.51. The Bertz CT molecular complexity index is 228. The van der Waals surface area contributed by atoms with Crippen molar-refractivity contribution >= 4 is 0 Å². The van der Waals surface area contributed by atoms with Crippen molar-refractivity contribution < 1.29 is 0 Å². The zero-order valence-corrected chi connectivity index (χ0v) is 14.1. The van der Waals surface area contributed by atoms with E-state index in [1.165, 1.54) is 57.9 Å². The van der Waals surface area contributed by atoms with E-state index >= 15 is 0 Å². The van der Waals surface area contributed by atoms with Crippen molar-refractivity contribution in [3.63, 3.8) is 0 Å². The normalized spacial score (nSPS) is 27.0. The van der Waals surface area contributed by atoms with E-state index in [-0.39, 0.29) is 5.54 Å². The molecule has 3 unspecified atom stereocenters. The van der Waals surface area contributed by atoms with Crippen LogP contribution in [0.5, 0.6) is 0 Å². The standard InChI is InChI=1S/C18H37N/c1-6-10-15(2)13-16-11-8-7-9-12-17(16)14-19-18(3,4)5/h15-17,19H,6-14H2,1-5H3. The van der Waals surface area contributed by atoms with E-state index in [0.29, 0.717) is 0 Å². The summed E-state index contributed by atoms with van der Waals surface area (Å²) in [7, 11) is 0. The van der Waals surface area contributed by atoms with Crippen LogP contribution in [0.1, 0.15) is 86.0 Å². The van der Waals surface area contributed by atoms with Gasteiger partial charge in [-0.05, 0) is 57.9 Å². The van der Waals surface area contributed by atoms with Crippen LogP contribution in [0.15, 0.2) is 0 Å². The van der Waals surface area contributed by atoms with Gasteiger partial charge in [-0.1, -0.05) is 52.4 Å².